The number of nitrogens with zero attached hydrogens (tertiary/aromatic N) is 2. The highest BCUT2D eigenvalue weighted by atomic mass is 35.5. The van der Waals surface area contributed by atoms with Crippen LogP contribution in [0, 0.1) is 0 Å². The SMILES string of the molecule is O=C(NCc1ccc(CCl)cc1)c1ccnnc1. The van der Waals surface area contributed by atoms with E-state index in [1.54, 1.807) is 6.07 Å². The maximum Gasteiger partial charge on any atom is 0.253 e. The molecule has 0 aliphatic heterocycles. The predicted molar refractivity (Wildman–Crippen MR) is 69.2 cm³/mol. The van der Waals surface area contributed by atoms with Crippen LogP contribution in [0.3, 0.4) is 0 Å². The van der Waals surface area contributed by atoms with Crippen LogP contribution in [0.4, 0.5) is 0 Å². The number of hydrogen-bond acceptors (Lipinski definition) is 3. The molecule has 0 unspecified atom stereocenters. The van der Waals surface area contributed by atoms with Crippen LogP contribution in [0.5, 0.6) is 0 Å². The Balaban J connectivity index is 1.93. The van der Waals surface area contributed by atoms with E-state index in [0.717, 1.165) is 11.1 Å². The van der Waals surface area contributed by atoms with Gasteiger partial charge in [-0.1, -0.05) is 24.3 Å². The Morgan fingerprint density at radius 1 is 1.11 bits per heavy atom. The molecule has 1 aromatic carbocycles. The zero-order valence-electron chi connectivity index (χ0n) is 9.64. The van der Waals surface area contributed by atoms with Gasteiger partial charge in [0, 0.05) is 12.4 Å². The summed E-state index contributed by atoms with van der Waals surface area (Å²) in [7, 11) is 0. The van der Waals surface area contributed by atoms with Gasteiger partial charge in [0.2, 0.25) is 0 Å². The number of halogens is 1. The zero-order valence-corrected chi connectivity index (χ0v) is 10.4. The van der Waals surface area contributed by atoms with Crippen LogP contribution in [0.1, 0.15) is 21.5 Å². The van der Waals surface area contributed by atoms with Crippen molar-refractivity contribution in [2.75, 3.05) is 0 Å². The Hall–Kier alpha value is -1.94. The molecule has 2 aromatic rings. The predicted octanol–water partition coefficient (Wildman–Crippen LogP) is 2.15. The van der Waals surface area contributed by atoms with Gasteiger partial charge in [-0.05, 0) is 17.2 Å². The van der Waals surface area contributed by atoms with Gasteiger partial charge >= 0.3 is 0 Å². The number of amides is 1. The maximum atomic E-state index is 11.7. The number of carbonyl (C=O) groups is 1. The lowest BCUT2D eigenvalue weighted by atomic mass is 10.1. The third-order valence-electron chi connectivity index (χ3n) is 2.48. The van der Waals surface area contributed by atoms with Crippen molar-refractivity contribution in [1.82, 2.24) is 15.5 Å². The third kappa shape index (κ3) is 3.28. The van der Waals surface area contributed by atoms with Gasteiger partial charge in [-0.2, -0.15) is 10.2 Å². The fourth-order valence-electron chi connectivity index (χ4n) is 1.46. The topological polar surface area (TPSA) is 54.9 Å². The van der Waals surface area contributed by atoms with E-state index in [1.807, 2.05) is 24.3 Å². The molecule has 5 heteroatoms. The van der Waals surface area contributed by atoms with E-state index in [0.29, 0.717) is 18.0 Å². The number of carbonyl (C=O) groups excluding carboxylic acids is 1. The number of aromatic nitrogens is 2. The molecular formula is C13H12ClN3O. The van der Waals surface area contributed by atoms with E-state index >= 15 is 0 Å². The summed E-state index contributed by atoms with van der Waals surface area (Å²) in [5, 5.41) is 10.1. The summed E-state index contributed by atoms with van der Waals surface area (Å²) in [5.41, 5.74) is 2.59. The Bertz CT molecular complexity index is 514. The summed E-state index contributed by atoms with van der Waals surface area (Å²) < 4.78 is 0. The molecular weight excluding hydrogens is 250 g/mol. The minimum absolute atomic E-state index is 0.161. The Labute approximate surface area is 110 Å². The third-order valence-corrected chi connectivity index (χ3v) is 2.79. The van der Waals surface area contributed by atoms with Gasteiger partial charge in [-0.25, -0.2) is 0 Å². The lowest BCUT2D eigenvalue weighted by Crippen LogP contribution is -2.22. The van der Waals surface area contributed by atoms with E-state index in [1.165, 1.54) is 12.4 Å². The molecule has 1 aromatic heterocycles. The Morgan fingerprint density at radius 2 is 1.83 bits per heavy atom. The molecule has 0 bridgehead atoms. The first kappa shape index (κ1) is 12.5. The molecule has 0 saturated heterocycles. The summed E-state index contributed by atoms with van der Waals surface area (Å²) in [6.45, 7) is 0.476. The van der Waals surface area contributed by atoms with E-state index < -0.39 is 0 Å². The van der Waals surface area contributed by atoms with Gasteiger partial charge in [0.15, 0.2) is 0 Å². The summed E-state index contributed by atoms with van der Waals surface area (Å²) in [5.74, 6) is 0.335. The lowest BCUT2D eigenvalue weighted by Gasteiger charge is -2.05. The van der Waals surface area contributed by atoms with Crippen molar-refractivity contribution in [2.24, 2.45) is 0 Å². The fraction of sp³-hybridized carbons (Fsp3) is 0.154. The molecule has 0 fully saturated rings. The monoisotopic (exact) mass is 261 g/mol. The van der Waals surface area contributed by atoms with E-state index in [4.69, 9.17) is 11.6 Å². The van der Waals surface area contributed by atoms with Crippen LogP contribution in [0.2, 0.25) is 0 Å². The molecule has 1 amide bonds. The second-order valence-electron chi connectivity index (χ2n) is 3.76. The highest BCUT2D eigenvalue weighted by Crippen LogP contribution is 2.06. The Morgan fingerprint density at radius 3 is 2.44 bits per heavy atom. The summed E-state index contributed by atoms with van der Waals surface area (Å²) in [6, 6.07) is 9.41. The molecule has 1 heterocycles. The molecule has 0 atom stereocenters. The summed E-state index contributed by atoms with van der Waals surface area (Å²) >= 11 is 5.70. The maximum absolute atomic E-state index is 11.7. The lowest BCUT2D eigenvalue weighted by molar-refractivity contribution is 0.0950. The smallest absolute Gasteiger partial charge is 0.253 e. The number of alkyl halides is 1. The Kier molecular flexibility index (Phi) is 4.25. The second kappa shape index (κ2) is 6.12. The first-order chi connectivity index (χ1) is 8.79. The largest absolute Gasteiger partial charge is 0.348 e. The van der Waals surface area contributed by atoms with E-state index in [2.05, 4.69) is 15.5 Å². The quantitative estimate of drug-likeness (QED) is 0.858. The normalized spacial score (nSPS) is 10.1. The van der Waals surface area contributed by atoms with Crippen LogP contribution >= 0.6 is 11.6 Å². The van der Waals surface area contributed by atoms with Crippen LogP contribution in [-0.2, 0) is 12.4 Å². The molecule has 4 nitrogen and oxygen atoms in total. The van der Waals surface area contributed by atoms with Crippen molar-refractivity contribution in [1.29, 1.82) is 0 Å². The summed E-state index contributed by atoms with van der Waals surface area (Å²) in [4.78, 5) is 11.7. The number of benzene rings is 1. The zero-order chi connectivity index (χ0) is 12.8. The van der Waals surface area contributed by atoms with Gasteiger partial charge in [-0.15, -0.1) is 11.6 Å². The molecule has 0 radical (unpaired) electrons. The molecule has 0 spiro atoms. The van der Waals surface area contributed by atoms with Crippen LogP contribution in [0.15, 0.2) is 42.7 Å². The van der Waals surface area contributed by atoms with E-state index in [-0.39, 0.29) is 5.91 Å². The van der Waals surface area contributed by atoms with Crippen molar-refractivity contribution in [3.8, 4) is 0 Å². The van der Waals surface area contributed by atoms with Crippen LogP contribution in [-0.4, -0.2) is 16.1 Å². The minimum Gasteiger partial charge on any atom is -0.348 e. The van der Waals surface area contributed by atoms with Crippen molar-refractivity contribution in [2.45, 2.75) is 12.4 Å². The molecule has 0 aliphatic rings. The van der Waals surface area contributed by atoms with Gasteiger partial charge in [-0.3, -0.25) is 4.79 Å². The first-order valence-corrected chi connectivity index (χ1v) is 6.02. The molecule has 1 N–H and O–H groups in total. The minimum atomic E-state index is -0.161. The van der Waals surface area contributed by atoms with Crippen molar-refractivity contribution in [3.05, 3.63) is 59.4 Å². The molecule has 0 saturated carbocycles. The first-order valence-electron chi connectivity index (χ1n) is 5.48. The van der Waals surface area contributed by atoms with Crippen molar-refractivity contribution in [3.63, 3.8) is 0 Å². The summed E-state index contributed by atoms with van der Waals surface area (Å²) in [6.07, 6.45) is 2.93. The van der Waals surface area contributed by atoms with Gasteiger partial charge in [0.1, 0.15) is 0 Å². The molecule has 92 valence electrons. The highest BCUT2D eigenvalue weighted by Gasteiger charge is 2.04. The van der Waals surface area contributed by atoms with Crippen LogP contribution < -0.4 is 5.32 Å². The average molecular weight is 262 g/mol. The van der Waals surface area contributed by atoms with Crippen molar-refractivity contribution < 1.29 is 4.79 Å². The van der Waals surface area contributed by atoms with Gasteiger partial charge in [0.25, 0.3) is 5.91 Å². The average Bonchev–Trinajstić information content (AvgIpc) is 2.46. The number of nitrogens with one attached hydrogen (secondary N) is 1. The van der Waals surface area contributed by atoms with Crippen LogP contribution in [0.25, 0.3) is 0 Å². The van der Waals surface area contributed by atoms with Gasteiger partial charge in [0.05, 0.1) is 18.0 Å². The highest BCUT2D eigenvalue weighted by molar-refractivity contribution is 6.17. The van der Waals surface area contributed by atoms with Gasteiger partial charge < -0.3 is 5.32 Å². The van der Waals surface area contributed by atoms with E-state index in [9.17, 15) is 4.79 Å². The number of hydrogen-bond donors (Lipinski definition) is 1. The number of rotatable bonds is 4. The van der Waals surface area contributed by atoms with Crippen molar-refractivity contribution >= 4 is 17.5 Å². The molecule has 18 heavy (non-hydrogen) atoms. The molecule has 0 aliphatic carbocycles. The fourth-order valence-corrected chi connectivity index (χ4v) is 1.63. The standard InChI is InChI=1S/C13H12ClN3O/c14-7-10-1-3-11(4-2-10)8-15-13(18)12-5-6-16-17-9-12/h1-6,9H,7-8H2,(H,15,18). The molecule has 2 rings (SSSR count). The second-order valence-corrected chi connectivity index (χ2v) is 4.03.